The van der Waals surface area contributed by atoms with Crippen LogP contribution in [0.2, 0.25) is 0 Å². The van der Waals surface area contributed by atoms with E-state index < -0.39 is 0 Å². The van der Waals surface area contributed by atoms with Gasteiger partial charge in [0, 0.05) is 25.6 Å². The zero-order valence-corrected chi connectivity index (χ0v) is 11.5. The van der Waals surface area contributed by atoms with Crippen LogP contribution in [0, 0.1) is 5.92 Å². The molecule has 0 radical (unpaired) electrons. The standard InChI is InChI=1S/C18H19NO/c1-2-6-14(7-3-1)11-19-12-16-10-15-8-4-5-9-17(15)20-18(16)13-19/h1-9,16,18H,10-13H2/t16-,18-/m0/s1. The number of para-hydroxylation sites is 1. The molecule has 0 bridgehead atoms. The Hall–Kier alpha value is -1.80. The molecule has 1 saturated heterocycles. The average Bonchev–Trinajstić information content (AvgIpc) is 2.86. The lowest BCUT2D eigenvalue weighted by molar-refractivity contribution is 0.148. The quantitative estimate of drug-likeness (QED) is 0.827. The van der Waals surface area contributed by atoms with Crippen LogP contribution in [0.1, 0.15) is 11.1 Å². The van der Waals surface area contributed by atoms with E-state index in [2.05, 4.69) is 59.5 Å². The number of fused-ring (bicyclic) bond motifs is 2. The van der Waals surface area contributed by atoms with Crippen LogP contribution in [0.4, 0.5) is 0 Å². The Bertz CT molecular complexity index is 562. The van der Waals surface area contributed by atoms with Crippen molar-refractivity contribution < 1.29 is 4.74 Å². The second kappa shape index (κ2) is 4.95. The first-order chi connectivity index (χ1) is 9.88. The van der Waals surface area contributed by atoms with Gasteiger partial charge in [-0.25, -0.2) is 0 Å². The molecular formula is C18H19NO. The third-order valence-electron chi connectivity index (χ3n) is 4.44. The Kier molecular flexibility index (Phi) is 2.96. The Morgan fingerprint density at radius 1 is 0.950 bits per heavy atom. The minimum atomic E-state index is 0.369. The summed E-state index contributed by atoms with van der Waals surface area (Å²) in [6, 6.07) is 19.2. The summed E-state index contributed by atoms with van der Waals surface area (Å²) in [5, 5.41) is 0. The van der Waals surface area contributed by atoms with Crippen LogP contribution in [-0.2, 0) is 13.0 Å². The SMILES string of the molecule is c1ccc(CN2C[C@@H]3Cc4ccccc4O[C@H]3C2)cc1. The van der Waals surface area contributed by atoms with E-state index in [1.807, 2.05) is 0 Å². The smallest absolute Gasteiger partial charge is 0.123 e. The zero-order chi connectivity index (χ0) is 13.4. The molecule has 2 aliphatic rings. The van der Waals surface area contributed by atoms with Crippen molar-refractivity contribution in [3.05, 3.63) is 65.7 Å². The minimum absolute atomic E-state index is 0.369. The maximum Gasteiger partial charge on any atom is 0.123 e. The van der Waals surface area contributed by atoms with Gasteiger partial charge in [0.15, 0.2) is 0 Å². The first kappa shape index (κ1) is 12.0. The van der Waals surface area contributed by atoms with Crippen molar-refractivity contribution in [3.8, 4) is 5.75 Å². The van der Waals surface area contributed by atoms with Gasteiger partial charge in [0.2, 0.25) is 0 Å². The summed E-state index contributed by atoms with van der Waals surface area (Å²) in [4.78, 5) is 2.52. The number of hydrogen-bond donors (Lipinski definition) is 0. The number of likely N-dealkylation sites (tertiary alicyclic amines) is 1. The van der Waals surface area contributed by atoms with Gasteiger partial charge in [-0.2, -0.15) is 0 Å². The van der Waals surface area contributed by atoms with Gasteiger partial charge in [-0.05, 0) is 23.6 Å². The molecule has 102 valence electrons. The fourth-order valence-corrected chi connectivity index (χ4v) is 3.46. The molecule has 2 heteroatoms. The van der Waals surface area contributed by atoms with Gasteiger partial charge >= 0.3 is 0 Å². The molecule has 0 spiro atoms. The molecular weight excluding hydrogens is 246 g/mol. The molecule has 2 atom stereocenters. The van der Waals surface area contributed by atoms with E-state index in [1.165, 1.54) is 11.1 Å². The molecule has 0 saturated carbocycles. The monoisotopic (exact) mass is 265 g/mol. The zero-order valence-electron chi connectivity index (χ0n) is 11.5. The van der Waals surface area contributed by atoms with Crippen molar-refractivity contribution in [3.63, 3.8) is 0 Å². The Morgan fingerprint density at radius 2 is 1.75 bits per heavy atom. The van der Waals surface area contributed by atoms with Crippen LogP contribution in [0.15, 0.2) is 54.6 Å². The molecule has 0 N–H and O–H groups in total. The topological polar surface area (TPSA) is 12.5 Å². The second-order valence-electron chi connectivity index (χ2n) is 5.91. The van der Waals surface area contributed by atoms with Gasteiger partial charge < -0.3 is 4.74 Å². The molecule has 0 unspecified atom stereocenters. The van der Waals surface area contributed by atoms with E-state index in [-0.39, 0.29) is 0 Å². The second-order valence-corrected chi connectivity index (χ2v) is 5.91. The summed E-state index contributed by atoms with van der Waals surface area (Å²) in [6.45, 7) is 3.23. The van der Waals surface area contributed by atoms with Gasteiger partial charge in [-0.15, -0.1) is 0 Å². The minimum Gasteiger partial charge on any atom is -0.488 e. The number of ether oxygens (including phenoxy) is 1. The Balaban J connectivity index is 1.47. The lowest BCUT2D eigenvalue weighted by Gasteiger charge is -2.27. The van der Waals surface area contributed by atoms with E-state index in [0.717, 1.165) is 31.8 Å². The maximum atomic E-state index is 6.18. The lowest BCUT2D eigenvalue weighted by atomic mass is 9.93. The molecule has 2 aromatic rings. The van der Waals surface area contributed by atoms with Crippen molar-refractivity contribution in [2.75, 3.05) is 13.1 Å². The summed E-state index contributed by atoms with van der Waals surface area (Å²) in [6.07, 6.45) is 1.53. The number of rotatable bonds is 2. The van der Waals surface area contributed by atoms with Crippen molar-refractivity contribution in [2.24, 2.45) is 5.92 Å². The van der Waals surface area contributed by atoms with Crippen LogP contribution in [-0.4, -0.2) is 24.1 Å². The molecule has 2 nitrogen and oxygen atoms in total. The summed E-state index contributed by atoms with van der Waals surface area (Å²) in [7, 11) is 0. The van der Waals surface area contributed by atoms with Crippen LogP contribution >= 0.6 is 0 Å². The van der Waals surface area contributed by atoms with E-state index >= 15 is 0 Å². The molecule has 1 fully saturated rings. The first-order valence-electron chi connectivity index (χ1n) is 7.39. The van der Waals surface area contributed by atoms with Gasteiger partial charge in [0.05, 0.1) is 0 Å². The van der Waals surface area contributed by atoms with Crippen LogP contribution < -0.4 is 4.74 Å². The Labute approximate surface area is 120 Å². The van der Waals surface area contributed by atoms with Crippen molar-refractivity contribution in [1.82, 2.24) is 4.90 Å². The fourth-order valence-electron chi connectivity index (χ4n) is 3.46. The van der Waals surface area contributed by atoms with Crippen LogP contribution in [0.25, 0.3) is 0 Å². The van der Waals surface area contributed by atoms with Gasteiger partial charge in [0.25, 0.3) is 0 Å². The normalized spacial score (nSPS) is 24.8. The predicted octanol–water partition coefficient (Wildman–Crippen LogP) is 3.12. The molecule has 2 heterocycles. The highest BCUT2D eigenvalue weighted by Gasteiger charge is 2.37. The number of hydrogen-bond acceptors (Lipinski definition) is 2. The van der Waals surface area contributed by atoms with E-state index in [4.69, 9.17) is 4.74 Å². The summed E-state index contributed by atoms with van der Waals surface area (Å²) in [5.41, 5.74) is 2.76. The number of nitrogens with zero attached hydrogens (tertiary/aromatic N) is 1. The number of benzene rings is 2. The highest BCUT2D eigenvalue weighted by atomic mass is 16.5. The van der Waals surface area contributed by atoms with Gasteiger partial charge in [-0.3, -0.25) is 4.90 Å². The molecule has 0 aromatic heterocycles. The van der Waals surface area contributed by atoms with Crippen LogP contribution in [0.3, 0.4) is 0 Å². The third-order valence-corrected chi connectivity index (χ3v) is 4.44. The van der Waals surface area contributed by atoms with Gasteiger partial charge in [-0.1, -0.05) is 48.5 Å². The largest absolute Gasteiger partial charge is 0.488 e. The molecule has 0 aliphatic carbocycles. The van der Waals surface area contributed by atoms with E-state index in [1.54, 1.807) is 0 Å². The molecule has 2 aliphatic heterocycles. The average molecular weight is 265 g/mol. The van der Waals surface area contributed by atoms with Gasteiger partial charge in [0.1, 0.15) is 11.9 Å². The summed E-state index contributed by atoms with van der Waals surface area (Å²) >= 11 is 0. The predicted molar refractivity (Wildman–Crippen MR) is 79.8 cm³/mol. The lowest BCUT2D eigenvalue weighted by Crippen LogP contribution is -2.31. The summed E-state index contributed by atoms with van der Waals surface area (Å²) < 4.78 is 6.18. The van der Waals surface area contributed by atoms with Crippen molar-refractivity contribution >= 4 is 0 Å². The van der Waals surface area contributed by atoms with Crippen molar-refractivity contribution in [2.45, 2.75) is 19.1 Å². The highest BCUT2D eigenvalue weighted by Crippen LogP contribution is 2.34. The van der Waals surface area contributed by atoms with E-state index in [9.17, 15) is 0 Å². The van der Waals surface area contributed by atoms with Crippen LogP contribution in [0.5, 0.6) is 5.75 Å². The Morgan fingerprint density at radius 3 is 2.65 bits per heavy atom. The highest BCUT2D eigenvalue weighted by molar-refractivity contribution is 5.36. The molecule has 2 aromatic carbocycles. The summed E-state index contributed by atoms with van der Waals surface area (Å²) in [5.74, 6) is 1.74. The fraction of sp³-hybridized carbons (Fsp3) is 0.333. The van der Waals surface area contributed by atoms with E-state index in [0.29, 0.717) is 12.0 Å². The third kappa shape index (κ3) is 2.20. The molecule has 0 amide bonds. The molecule has 20 heavy (non-hydrogen) atoms. The maximum absolute atomic E-state index is 6.18. The first-order valence-corrected chi connectivity index (χ1v) is 7.39. The molecule has 4 rings (SSSR count). The van der Waals surface area contributed by atoms with Crippen molar-refractivity contribution in [1.29, 1.82) is 0 Å².